The minimum Gasteiger partial charge on any atom is -0.390 e. The Labute approximate surface area is 155 Å². The molecule has 2 heterocycles. The van der Waals surface area contributed by atoms with Gasteiger partial charge in [0.15, 0.2) is 0 Å². The van der Waals surface area contributed by atoms with E-state index in [1.165, 1.54) is 0 Å². The van der Waals surface area contributed by atoms with Crippen LogP contribution in [0, 0.1) is 0 Å². The number of carbonyl (C=O) groups is 1. The molecule has 6 nitrogen and oxygen atoms in total. The fourth-order valence-corrected chi connectivity index (χ4v) is 3.52. The molecule has 0 spiro atoms. The van der Waals surface area contributed by atoms with Crippen LogP contribution in [0.15, 0.2) is 24.3 Å². The number of rotatable bonds is 6. The summed E-state index contributed by atoms with van der Waals surface area (Å²) in [5.74, 6) is -0.0659. The maximum absolute atomic E-state index is 12.7. The summed E-state index contributed by atoms with van der Waals surface area (Å²) in [5, 5.41) is 13.0. The Hall–Kier alpha value is -1.47. The molecule has 0 aromatic heterocycles. The first kappa shape index (κ1) is 19.3. The summed E-state index contributed by atoms with van der Waals surface area (Å²) < 4.78 is 11.1. The van der Waals surface area contributed by atoms with Crippen LogP contribution < -0.4 is 5.32 Å². The molecule has 0 aliphatic carbocycles. The van der Waals surface area contributed by atoms with Gasteiger partial charge in [-0.1, -0.05) is 12.1 Å². The van der Waals surface area contributed by atoms with Crippen molar-refractivity contribution in [2.24, 2.45) is 0 Å². The van der Waals surface area contributed by atoms with E-state index in [2.05, 4.69) is 10.2 Å². The molecule has 2 unspecified atom stereocenters. The van der Waals surface area contributed by atoms with E-state index in [0.717, 1.165) is 38.3 Å². The molecule has 0 radical (unpaired) electrons. The smallest absolute Gasteiger partial charge is 0.251 e. The number of nitrogens with zero attached hydrogens (tertiary/aromatic N) is 1. The molecule has 2 fully saturated rings. The number of amides is 1. The van der Waals surface area contributed by atoms with Crippen molar-refractivity contribution in [1.29, 1.82) is 0 Å². The van der Waals surface area contributed by atoms with Gasteiger partial charge in [0.25, 0.3) is 5.91 Å². The van der Waals surface area contributed by atoms with E-state index in [0.29, 0.717) is 25.2 Å². The number of aryl methyl sites for hydroxylation is 1. The minimum absolute atomic E-state index is 0.000585. The van der Waals surface area contributed by atoms with Crippen molar-refractivity contribution in [2.75, 3.05) is 39.5 Å². The lowest BCUT2D eigenvalue weighted by atomic mass is 9.97. The molecule has 2 aliphatic rings. The number of benzene rings is 1. The third-order valence-electron chi connectivity index (χ3n) is 5.10. The lowest BCUT2D eigenvalue weighted by Gasteiger charge is -2.34. The number of aliphatic hydroxyl groups is 1. The fourth-order valence-electron chi connectivity index (χ4n) is 3.52. The molecule has 1 amide bonds. The molecule has 2 saturated heterocycles. The van der Waals surface area contributed by atoms with E-state index in [4.69, 9.17) is 9.47 Å². The van der Waals surface area contributed by atoms with Gasteiger partial charge < -0.3 is 19.9 Å². The standard InChI is InChI=1S/C20H30N2O4/c1-20(2,24)7-6-15-4-3-5-16(12-15)19(23)21-17-13-26-14-18(17)22-8-10-25-11-9-22/h3-5,12,17-18,24H,6-11,13-14H2,1-2H3,(H,21,23). The van der Waals surface area contributed by atoms with Crippen LogP contribution in [0.25, 0.3) is 0 Å². The molecule has 144 valence electrons. The van der Waals surface area contributed by atoms with Gasteiger partial charge in [-0.2, -0.15) is 0 Å². The van der Waals surface area contributed by atoms with E-state index in [-0.39, 0.29) is 18.0 Å². The van der Waals surface area contributed by atoms with Gasteiger partial charge in [0.1, 0.15) is 0 Å². The Bertz CT molecular complexity index is 608. The number of hydrogen-bond acceptors (Lipinski definition) is 5. The summed E-state index contributed by atoms with van der Waals surface area (Å²) in [4.78, 5) is 15.1. The monoisotopic (exact) mass is 362 g/mol. The predicted octanol–water partition coefficient (Wildman–Crippen LogP) is 1.22. The van der Waals surface area contributed by atoms with Crippen molar-refractivity contribution in [3.63, 3.8) is 0 Å². The summed E-state index contributed by atoms with van der Waals surface area (Å²) in [6.07, 6.45) is 1.40. The van der Waals surface area contributed by atoms with E-state index in [9.17, 15) is 9.90 Å². The molecule has 2 N–H and O–H groups in total. The molecule has 2 aliphatic heterocycles. The third kappa shape index (κ3) is 5.27. The van der Waals surface area contributed by atoms with Crippen molar-refractivity contribution < 1.29 is 19.4 Å². The molecule has 1 aromatic carbocycles. The number of carbonyl (C=O) groups excluding carboxylic acids is 1. The Balaban J connectivity index is 1.60. The first-order valence-corrected chi connectivity index (χ1v) is 9.44. The van der Waals surface area contributed by atoms with Crippen molar-refractivity contribution in [3.8, 4) is 0 Å². The summed E-state index contributed by atoms with van der Waals surface area (Å²) in [5.41, 5.74) is 1.02. The molecular formula is C20H30N2O4. The molecule has 1 aromatic rings. The highest BCUT2D eigenvalue weighted by molar-refractivity contribution is 5.94. The highest BCUT2D eigenvalue weighted by atomic mass is 16.5. The van der Waals surface area contributed by atoms with Crippen LogP contribution in [0.5, 0.6) is 0 Å². The molecule has 6 heteroatoms. The SMILES string of the molecule is CC(C)(O)CCc1cccc(C(=O)NC2COCC2N2CCOCC2)c1. The van der Waals surface area contributed by atoms with Crippen LogP contribution in [-0.2, 0) is 15.9 Å². The first-order chi connectivity index (χ1) is 12.4. The zero-order valence-corrected chi connectivity index (χ0v) is 15.7. The second-order valence-electron chi connectivity index (χ2n) is 7.85. The Morgan fingerprint density at radius 3 is 2.77 bits per heavy atom. The van der Waals surface area contributed by atoms with E-state index in [1.54, 1.807) is 13.8 Å². The Morgan fingerprint density at radius 2 is 2.04 bits per heavy atom. The van der Waals surface area contributed by atoms with Gasteiger partial charge in [0.05, 0.1) is 44.1 Å². The van der Waals surface area contributed by atoms with Gasteiger partial charge in [-0.05, 0) is 44.4 Å². The van der Waals surface area contributed by atoms with Crippen LogP contribution in [0.1, 0.15) is 36.2 Å². The molecule has 26 heavy (non-hydrogen) atoms. The predicted molar refractivity (Wildman–Crippen MR) is 99.3 cm³/mol. The maximum atomic E-state index is 12.7. The minimum atomic E-state index is -0.704. The van der Waals surface area contributed by atoms with Gasteiger partial charge in [-0.3, -0.25) is 9.69 Å². The third-order valence-corrected chi connectivity index (χ3v) is 5.10. The van der Waals surface area contributed by atoms with Gasteiger partial charge in [-0.15, -0.1) is 0 Å². The molecule has 2 atom stereocenters. The topological polar surface area (TPSA) is 71.0 Å². The van der Waals surface area contributed by atoms with Gasteiger partial charge in [0, 0.05) is 18.7 Å². The Kier molecular flexibility index (Phi) is 6.29. The van der Waals surface area contributed by atoms with E-state index >= 15 is 0 Å². The highest BCUT2D eigenvalue weighted by Gasteiger charge is 2.35. The van der Waals surface area contributed by atoms with Crippen molar-refractivity contribution >= 4 is 5.91 Å². The highest BCUT2D eigenvalue weighted by Crippen LogP contribution is 2.17. The Morgan fingerprint density at radius 1 is 1.27 bits per heavy atom. The van der Waals surface area contributed by atoms with Crippen molar-refractivity contribution in [2.45, 2.75) is 44.4 Å². The summed E-state index contributed by atoms with van der Waals surface area (Å²) in [7, 11) is 0. The van der Waals surface area contributed by atoms with Crippen LogP contribution in [0.2, 0.25) is 0 Å². The lowest BCUT2D eigenvalue weighted by Crippen LogP contribution is -2.54. The number of hydrogen-bond donors (Lipinski definition) is 2. The fraction of sp³-hybridized carbons (Fsp3) is 0.650. The second-order valence-corrected chi connectivity index (χ2v) is 7.85. The van der Waals surface area contributed by atoms with Crippen LogP contribution in [-0.4, -0.2) is 73.1 Å². The largest absolute Gasteiger partial charge is 0.390 e. The van der Waals surface area contributed by atoms with Gasteiger partial charge in [0.2, 0.25) is 0 Å². The van der Waals surface area contributed by atoms with Gasteiger partial charge in [-0.25, -0.2) is 0 Å². The van der Waals surface area contributed by atoms with Crippen LogP contribution in [0.4, 0.5) is 0 Å². The lowest BCUT2D eigenvalue weighted by molar-refractivity contribution is 0.0108. The van der Waals surface area contributed by atoms with E-state index in [1.807, 2.05) is 24.3 Å². The number of nitrogens with one attached hydrogen (secondary N) is 1. The molecule has 0 saturated carbocycles. The second kappa shape index (κ2) is 8.48. The average molecular weight is 362 g/mol. The van der Waals surface area contributed by atoms with E-state index < -0.39 is 5.60 Å². The maximum Gasteiger partial charge on any atom is 0.251 e. The van der Waals surface area contributed by atoms with Crippen LogP contribution in [0.3, 0.4) is 0 Å². The summed E-state index contributed by atoms with van der Waals surface area (Å²) in [6.45, 7) is 8.04. The van der Waals surface area contributed by atoms with Crippen LogP contribution >= 0.6 is 0 Å². The molecule has 0 bridgehead atoms. The zero-order valence-electron chi connectivity index (χ0n) is 15.7. The zero-order chi connectivity index (χ0) is 18.6. The molecule has 3 rings (SSSR count). The number of morpholine rings is 1. The average Bonchev–Trinajstić information content (AvgIpc) is 3.08. The molecular weight excluding hydrogens is 332 g/mol. The quantitative estimate of drug-likeness (QED) is 0.796. The normalized spacial score (nSPS) is 24.6. The van der Waals surface area contributed by atoms with Crippen molar-refractivity contribution in [3.05, 3.63) is 35.4 Å². The first-order valence-electron chi connectivity index (χ1n) is 9.44. The van der Waals surface area contributed by atoms with Crippen molar-refractivity contribution in [1.82, 2.24) is 10.2 Å². The van der Waals surface area contributed by atoms with Gasteiger partial charge >= 0.3 is 0 Å². The summed E-state index contributed by atoms with van der Waals surface area (Å²) in [6, 6.07) is 7.86. The summed E-state index contributed by atoms with van der Waals surface area (Å²) >= 11 is 0. The number of ether oxygens (including phenoxy) is 2.